The van der Waals surface area contributed by atoms with E-state index in [4.69, 9.17) is 5.73 Å². The van der Waals surface area contributed by atoms with E-state index in [0.717, 1.165) is 32.7 Å². The number of hydrogen-bond donors (Lipinski definition) is 1. The molecule has 1 aromatic carbocycles. The molecule has 0 radical (unpaired) electrons. The van der Waals surface area contributed by atoms with Crippen LogP contribution in [0.3, 0.4) is 0 Å². The van der Waals surface area contributed by atoms with Gasteiger partial charge in [-0.15, -0.1) is 0 Å². The standard InChI is InChI=1S/C17H29N3/c1-13-6-5-7-17(15(13)3)20-10-8-19(9-11-20)16(4)14(2)12-18/h5-7,14,16H,8-12,18H2,1-4H3. The largest absolute Gasteiger partial charge is 0.369 e. The van der Waals surface area contributed by atoms with Gasteiger partial charge in [-0.1, -0.05) is 19.1 Å². The molecule has 2 atom stereocenters. The summed E-state index contributed by atoms with van der Waals surface area (Å²) in [6.45, 7) is 14.3. The fraction of sp³-hybridized carbons (Fsp3) is 0.647. The second-order valence-corrected chi connectivity index (χ2v) is 6.20. The molecule has 1 heterocycles. The number of benzene rings is 1. The number of anilines is 1. The number of hydrogen-bond acceptors (Lipinski definition) is 3. The number of nitrogens with two attached hydrogens (primary N) is 1. The van der Waals surface area contributed by atoms with Crippen LogP contribution in [-0.2, 0) is 0 Å². The van der Waals surface area contributed by atoms with Gasteiger partial charge in [-0.3, -0.25) is 4.90 Å². The quantitative estimate of drug-likeness (QED) is 0.916. The molecule has 0 spiro atoms. The lowest BCUT2D eigenvalue weighted by Gasteiger charge is -2.41. The summed E-state index contributed by atoms with van der Waals surface area (Å²) < 4.78 is 0. The van der Waals surface area contributed by atoms with Gasteiger partial charge in [0.1, 0.15) is 0 Å². The van der Waals surface area contributed by atoms with Gasteiger partial charge in [0.2, 0.25) is 0 Å². The Kier molecular flexibility index (Phi) is 5.06. The lowest BCUT2D eigenvalue weighted by atomic mass is 10.0. The predicted octanol–water partition coefficient (Wildman–Crippen LogP) is 2.41. The Labute approximate surface area is 123 Å². The van der Waals surface area contributed by atoms with Crippen LogP contribution in [0, 0.1) is 19.8 Å². The number of nitrogens with zero attached hydrogens (tertiary/aromatic N) is 2. The van der Waals surface area contributed by atoms with E-state index in [0.29, 0.717) is 12.0 Å². The monoisotopic (exact) mass is 275 g/mol. The summed E-state index contributed by atoms with van der Waals surface area (Å²) in [4.78, 5) is 5.11. The smallest absolute Gasteiger partial charge is 0.0399 e. The van der Waals surface area contributed by atoms with Gasteiger partial charge < -0.3 is 10.6 Å². The third-order valence-corrected chi connectivity index (χ3v) is 5.00. The van der Waals surface area contributed by atoms with Crippen molar-refractivity contribution < 1.29 is 0 Å². The van der Waals surface area contributed by atoms with Gasteiger partial charge in [0.25, 0.3) is 0 Å². The molecule has 2 rings (SSSR count). The lowest BCUT2D eigenvalue weighted by molar-refractivity contribution is 0.155. The Morgan fingerprint density at radius 3 is 2.35 bits per heavy atom. The Morgan fingerprint density at radius 2 is 1.75 bits per heavy atom. The van der Waals surface area contributed by atoms with Crippen molar-refractivity contribution in [3.05, 3.63) is 29.3 Å². The first-order valence-corrected chi connectivity index (χ1v) is 7.80. The number of rotatable bonds is 4. The summed E-state index contributed by atoms with van der Waals surface area (Å²) in [6, 6.07) is 7.20. The van der Waals surface area contributed by atoms with Crippen LogP contribution < -0.4 is 10.6 Å². The third-order valence-electron chi connectivity index (χ3n) is 5.00. The predicted molar refractivity (Wildman–Crippen MR) is 87.4 cm³/mol. The van der Waals surface area contributed by atoms with Crippen LogP contribution in [0.25, 0.3) is 0 Å². The zero-order chi connectivity index (χ0) is 14.7. The van der Waals surface area contributed by atoms with Crippen molar-refractivity contribution in [2.75, 3.05) is 37.6 Å². The summed E-state index contributed by atoms with van der Waals surface area (Å²) in [5.74, 6) is 0.572. The van der Waals surface area contributed by atoms with E-state index in [2.05, 4.69) is 55.7 Å². The van der Waals surface area contributed by atoms with Crippen molar-refractivity contribution in [1.82, 2.24) is 4.90 Å². The van der Waals surface area contributed by atoms with E-state index in [9.17, 15) is 0 Å². The molecule has 2 unspecified atom stereocenters. The molecule has 20 heavy (non-hydrogen) atoms. The van der Waals surface area contributed by atoms with Crippen LogP contribution >= 0.6 is 0 Å². The topological polar surface area (TPSA) is 32.5 Å². The van der Waals surface area contributed by atoms with Crippen molar-refractivity contribution in [2.45, 2.75) is 33.7 Å². The molecule has 1 saturated heterocycles. The average molecular weight is 275 g/mol. The summed E-state index contributed by atoms with van der Waals surface area (Å²) in [6.07, 6.45) is 0. The number of piperazine rings is 1. The molecule has 0 saturated carbocycles. The molecular weight excluding hydrogens is 246 g/mol. The Bertz CT molecular complexity index is 436. The SMILES string of the molecule is Cc1cccc(N2CCN(C(C)C(C)CN)CC2)c1C. The van der Waals surface area contributed by atoms with E-state index in [1.54, 1.807) is 0 Å². The maximum absolute atomic E-state index is 5.80. The molecule has 3 heteroatoms. The molecule has 3 nitrogen and oxygen atoms in total. The number of aryl methyl sites for hydroxylation is 1. The normalized spacial score (nSPS) is 19.9. The molecular formula is C17H29N3. The highest BCUT2D eigenvalue weighted by atomic mass is 15.3. The van der Waals surface area contributed by atoms with Gasteiger partial charge in [-0.2, -0.15) is 0 Å². The molecule has 0 bridgehead atoms. The van der Waals surface area contributed by atoms with Crippen LogP contribution in [0.5, 0.6) is 0 Å². The first kappa shape index (κ1) is 15.3. The summed E-state index contributed by atoms with van der Waals surface area (Å²) in [7, 11) is 0. The molecule has 0 amide bonds. The molecule has 0 aliphatic carbocycles. The zero-order valence-electron chi connectivity index (χ0n) is 13.4. The highest BCUT2D eigenvalue weighted by Gasteiger charge is 2.24. The van der Waals surface area contributed by atoms with E-state index >= 15 is 0 Å². The Hall–Kier alpha value is -1.06. The summed E-state index contributed by atoms with van der Waals surface area (Å²) >= 11 is 0. The van der Waals surface area contributed by atoms with Crippen molar-refractivity contribution in [3.63, 3.8) is 0 Å². The van der Waals surface area contributed by atoms with Crippen molar-refractivity contribution >= 4 is 5.69 Å². The summed E-state index contributed by atoms with van der Waals surface area (Å²) in [5, 5.41) is 0. The lowest BCUT2D eigenvalue weighted by Crippen LogP contribution is -2.52. The first-order chi connectivity index (χ1) is 9.54. The minimum Gasteiger partial charge on any atom is -0.369 e. The van der Waals surface area contributed by atoms with Crippen molar-refractivity contribution in [1.29, 1.82) is 0 Å². The van der Waals surface area contributed by atoms with Gasteiger partial charge in [-0.05, 0) is 50.4 Å². The average Bonchev–Trinajstić information content (AvgIpc) is 2.48. The molecule has 0 aromatic heterocycles. The van der Waals surface area contributed by atoms with Gasteiger partial charge in [0.05, 0.1) is 0 Å². The van der Waals surface area contributed by atoms with E-state index in [1.165, 1.54) is 16.8 Å². The molecule has 1 aromatic rings. The fourth-order valence-corrected chi connectivity index (χ4v) is 3.01. The van der Waals surface area contributed by atoms with Gasteiger partial charge in [0, 0.05) is 37.9 Å². The maximum atomic E-state index is 5.80. The van der Waals surface area contributed by atoms with Crippen LogP contribution in [0.15, 0.2) is 18.2 Å². The highest BCUT2D eigenvalue weighted by Crippen LogP contribution is 2.24. The van der Waals surface area contributed by atoms with Crippen molar-refractivity contribution in [2.24, 2.45) is 11.7 Å². The maximum Gasteiger partial charge on any atom is 0.0399 e. The third kappa shape index (κ3) is 3.15. The molecule has 1 fully saturated rings. The van der Waals surface area contributed by atoms with E-state index < -0.39 is 0 Å². The Balaban J connectivity index is 1.99. The second kappa shape index (κ2) is 6.59. The van der Waals surface area contributed by atoms with Crippen LogP contribution in [0.2, 0.25) is 0 Å². The zero-order valence-corrected chi connectivity index (χ0v) is 13.4. The molecule has 1 aliphatic rings. The van der Waals surface area contributed by atoms with Crippen LogP contribution in [-0.4, -0.2) is 43.7 Å². The molecule has 1 aliphatic heterocycles. The van der Waals surface area contributed by atoms with Crippen LogP contribution in [0.4, 0.5) is 5.69 Å². The van der Waals surface area contributed by atoms with Gasteiger partial charge in [-0.25, -0.2) is 0 Å². The van der Waals surface area contributed by atoms with Gasteiger partial charge >= 0.3 is 0 Å². The van der Waals surface area contributed by atoms with Crippen molar-refractivity contribution in [3.8, 4) is 0 Å². The fourth-order valence-electron chi connectivity index (χ4n) is 3.01. The molecule has 2 N–H and O–H groups in total. The minimum atomic E-state index is 0.572. The second-order valence-electron chi connectivity index (χ2n) is 6.20. The van der Waals surface area contributed by atoms with E-state index in [1.807, 2.05) is 0 Å². The first-order valence-electron chi connectivity index (χ1n) is 7.80. The molecule has 112 valence electrons. The summed E-state index contributed by atoms with van der Waals surface area (Å²) in [5.41, 5.74) is 10.0. The Morgan fingerprint density at radius 1 is 1.10 bits per heavy atom. The minimum absolute atomic E-state index is 0.572. The van der Waals surface area contributed by atoms with E-state index in [-0.39, 0.29) is 0 Å². The highest BCUT2D eigenvalue weighted by molar-refractivity contribution is 5.56. The van der Waals surface area contributed by atoms with Gasteiger partial charge in [0.15, 0.2) is 0 Å². The van der Waals surface area contributed by atoms with Crippen LogP contribution in [0.1, 0.15) is 25.0 Å².